The molecule has 0 heterocycles. The highest BCUT2D eigenvalue weighted by Crippen LogP contribution is 2.28. The summed E-state index contributed by atoms with van der Waals surface area (Å²) < 4.78 is 0. The van der Waals surface area contributed by atoms with E-state index in [0.717, 1.165) is 18.8 Å². The van der Waals surface area contributed by atoms with Gasteiger partial charge in [0.25, 0.3) is 0 Å². The van der Waals surface area contributed by atoms with Crippen LogP contribution in [0.5, 0.6) is 0 Å². The van der Waals surface area contributed by atoms with Gasteiger partial charge in [0.2, 0.25) is 0 Å². The van der Waals surface area contributed by atoms with Crippen molar-refractivity contribution in [2.24, 2.45) is 5.92 Å². The monoisotopic (exact) mass is 282 g/mol. The molecule has 118 valence electrons. The molecular formula is C18H34O2. The van der Waals surface area contributed by atoms with Crippen molar-refractivity contribution >= 4 is 5.97 Å². The molecule has 0 saturated heterocycles. The molecule has 1 aliphatic rings. The van der Waals surface area contributed by atoms with Crippen LogP contribution in [0, 0.1) is 5.92 Å². The quantitative estimate of drug-likeness (QED) is 0.449. The Kier molecular flexibility index (Phi) is 10.7. The van der Waals surface area contributed by atoms with Gasteiger partial charge in [0.15, 0.2) is 0 Å². The van der Waals surface area contributed by atoms with Crippen molar-refractivity contribution in [2.45, 2.75) is 103 Å². The Morgan fingerprint density at radius 3 is 1.80 bits per heavy atom. The minimum atomic E-state index is -0.650. The van der Waals surface area contributed by atoms with Gasteiger partial charge in [-0.25, -0.2) is 0 Å². The zero-order valence-electron chi connectivity index (χ0n) is 13.2. The van der Waals surface area contributed by atoms with Gasteiger partial charge in [-0.15, -0.1) is 0 Å². The molecule has 0 aliphatic heterocycles. The molecule has 1 rings (SSSR count). The summed E-state index contributed by atoms with van der Waals surface area (Å²) in [6.07, 6.45) is 20.7. The molecular weight excluding hydrogens is 248 g/mol. The molecule has 0 unspecified atom stereocenters. The Balaban J connectivity index is 1.73. The molecule has 1 saturated carbocycles. The second-order valence-electron chi connectivity index (χ2n) is 6.62. The predicted molar refractivity (Wildman–Crippen MR) is 85.0 cm³/mol. The summed E-state index contributed by atoms with van der Waals surface area (Å²) in [7, 11) is 0. The largest absolute Gasteiger partial charge is 0.481 e. The first-order valence-corrected chi connectivity index (χ1v) is 9.01. The molecule has 0 bridgehead atoms. The second kappa shape index (κ2) is 12.2. The third-order valence-corrected chi connectivity index (χ3v) is 4.73. The zero-order valence-corrected chi connectivity index (χ0v) is 13.2. The summed E-state index contributed by atoms with van der Waals surface area (Å²) in [5.41, 5.74) is 0. The van der Waals surface area contributed by atoms with Gasteiger partial charge in [0.1, 0.15) is 0 Å². The van der Waals surface area contributed by atoms with Gasteiger partial charge in [0, 0.05) is 6.42 Å². The van der Waals surface area contributed by atoms with Crippen molar-refractivity contribution in [3.63, 3.8) is 0 Å². The van der Waals surface area contributed by atoms with Crippen molar-refractivity contribution in [1.82, 2.24) is 0 Å². The molecule has 2 nitrogen and oxygen atoms in total. The summed E-state index contributed by atoms with van der Waals surface area (Å²) in [5.74, 6) is 0.404. The zero-order chi connectivity index (χ0) is 14.5. The van der Waals surface area contributed by atoms with Crippen LogP contribution in [0.2, 0.25) is 0 Å². The van der Waals surface area contributed by atoms with Crippen LogP contribution in [0.1, 0.15) is 103 Å². The topological polar surface area (TPSA) is 37.3 Å². The Bertz CT molecular complexity index is 232. The lowest BCUT2D eigenvalue weighted by molar-refractivity contribution is -0.137. The van der Waals surface area contributed by atoms with E-state index < -0.39 is 5.97 Å². The van der Waals surface area contributed by atoms with Gasteiger partial charge in [-0.2, -0.15) is 0 Å². The number of carboxylic acids is 1. The number of unbranched alkanes of at least 4 members (excludes halogenated alkanes) is 8. The lowest BCUT2D eigenvalue weighted by Crippen LogP contribution is -2.05. The molecule has 0 atom stereocenters. The van der Waals surface area contributed by atoms with Crippen LogP contribution < -0.4 is 0 Å². The fraction of sp³-hybridized carbons (Fsp3) is 0.944. The molecule has 0 amide bonds. The standard InChI is InChI=1S/C18H34O2/c19-18(20)16-12-7-5-3-1-2-4-6-9-13-17-14-10-8-11-15-17/h17H,1-16H2,(H,19,20). The minimum absolute atomic E-state index is 0.348. The van der Waals surface area contributed by atoms with E-state index in [9.17, 15) is 4.79 Å². The van der Waals surface area contributed by atoms with E-state index in [4.69, 9.17) is 5.11 Å². The first kappa shape index (κ1) is 17.5. The van der Waals surface area contributed by atoms with Crippen molar-refractivity contribution < 1.29 is 9.90 Å². The van der Waals surface area contributed by atoms with E-state index in [2.05, 4.69) is 0 Å². The fourth-order valence-electron chi connectivity index (χ4n) is 3.42. The lowest BCUT2D eigenvalue weighted by atomic mass is 9.85. The van der Waals surface area contributed by atoms with Crippen molar-refractivity contribution in [3.05, 3.63) is 0 Å². The molecule has 0 radical (unpaired) electrons. The smallest absolute Gasteiger partial charge is 0.303 e. The van der Waals surface area contributed by atoms with E-state index in [0.29, 0.717) is 6.42 Å². The van der Waals surface area contributed by atoms with Crippen LogP contribution in [0.3, 0.4) is 0 Å². The number of carbonyl (C=O) groups is 1. The number of rotatable bonds is 12. The number of hydrogen-bond donors (Lipinski definition) is 1. The lowest BCUT2D eigenvalue weighted by Gasteiger charge is -2.21. The van der Waals surface area contributed by atoms with E-state index in [1.807, 2.05) is 0 Å². The van der Waals surface area contributed by atoms with Gasteiger partial charge in [0.05, 0.1) is 0 Å². The summed E-state index contributed by atoms with van der Waals surface area (Å²) in [5, 5.41) is 8.53. The first-order chi connectivity index (χ1) is 9.79. The number of carboxylic acid groups (broad SMARTS) is 1. The Morgan fingerprint density at radius 1 is 0.750 bits per heavy atom. The Hall–Kier alpha value is -0.530. The predicted octanol–water partition coefficient (Wildman–Crippen LogP) is 5.94. The van der Waals surface area contributed by atoms with Crippen LogP contribution in [0.4, 0.5) is 0 Å². The Morgan fingerprint density at radius 2 is 1.25 bits per heavy atom. The maximum Gasteiger partial charge on any atom is 0.303 e. The summed E-state index contributed by atoms with van der Waals surface area (Å²) >= 11 is 0. The molecule has 0 spiro atoms. The van der Waals surface area contributed by atoms with Gasteiger partial charge in [-0.1, -0.05) is 89.9 Å². The molecule has 0 aromatic rings. The maximum atomic E-state index is 10.3. The van der Waals surface area contributed by atoms with E-state index in [1.54, 1.807) is 0 Å². The summed E-state index contributed by atoms with van der Waals surface area (Å²) in [6, 6.07) is 0. The molecule has 1 N–H and O–H groups in total. The molecule has 20 heavy (non-hydrogen) atoms. The highest BCUT2D eigenvalue weighted by Gasteiger charge is 2.12. The van der Waals surface area contributed by atoms with E-state index in [1.165, 1.54) is 83.5 Å². The van der Waals surface area contributed by atoms with Crippen LogP contribution in [0.25, 0.3) is 0 Å². The molecule has 1 aliphatic carbocycles. The van der Waals surface area contributed by atoms with Crippen molar-refractivity contribution in [1.29, 1.82) is 0 Å². The fourth-order valence-corrected chi connectivity index (χ4v) is 3.42. The Labute approximate surface area is 125 Å². The summed E-state index contributed by atoms with van der Waals surface area (Å²) in [4.78, 5) is 10.3. The van der Waals surface area contributed by atoms with E-state index >= 15 is 0 Å². The van der Waals surface area contributed by atoms with Crippen LogP contribution in [-0.2, 0) is 4.79 Å². The van der Waals surface area contributed by atoms with Crippen LogP contribution in [-0.4, -0.2) is 11.1 Å². The molecule has 2 heteroatoms. The van der Waals surface area contributed by atoms with Gasteiger partial charge in [-0.3, -0.25) is 4.79 Å². The van der Waals surface area contributed by atoms with Gasteiger partial charge < -0.3 is 5.11 Å². The molecule has 0 aromatic carbocycles. The number of aliphatic carboxylic acids is 1. The van der Waals surface area contributed by atoms with Crippen LogP contribution in [0.15, 0.2) is 0 Å². The highest BCUT2D eigenvalue weighted by molar-refractivity contribution is 5.66. The molecule has 1 fully saturated rings. The maximum absolute atomic E-state index is 10.3. The van der Waals surface area contributed by atoms with Gasteiger partial charge in [-0.05, 0) is 12.3 Å². The normalized spacial score (nSPS) is 16.4. The average Bonchev–Trinajstić information content (AvgIpc) is 2.45. The van der Waals surface area contributed by atoms with Crippen molar-refractivity contribution in [3.8, 4) is 0 Å². The number of hydrogen-bond acceptors (Lipinski definition) is 1. The first-order valence-electron chi connectivity index (χ1n) is 9.01. The third kappa shape index (κ3) is 10.3. The van der Waals surface area contributed by atoms with Crippen LogP contribution >= 0.6 is 0 Å². The SMILES string of the molecule is O=C(O)CCCCCCCCCCCC1CCCCC1. The minimum Gasteiger partial charge on any atom is -0.481 e. The third-order valence-electron chi connectivity index (χ3n) is 4.73. The average molecular weight is 282 g/mol. The van der Waals surface area contributed by atoms with Gasteiger partial charge >= 0.3 is 5.97 Å². The highest BCUT2D eigenvalue weighted by atomic mass is 16.4. The van der Waals surface area contributed by atoms with E-state index in [-0.39, 0.29) is 0 Å². The second-order valence-corrected chi connectivity index (χ2v) is 6.62. The summed E-state index contributed by atoms with van der Waals surface area (Å²) in [6.45, 7) is 0. The van der Waals surface area contributed by atoms with Crippen molar-refractivity contribution in [2.75, 3.05) is 0 Å². The molecule has 0 aromatic heterocycles.